The third-order valence-electron chi connectivity index (χ3n) is 2.67. The van der Waals surface area contributed by atoms with Gasteiger partial charge in [0.25, 0.3) is 12.3 Å². The van der Waals surface area contributed by atoms with Crippen LogP contribution in [0.25, 0.3) is 0 Å². The van der Waals surface area contributed by atoms with Gasteiger partial charge >= 0.3 is 0 Å². The average molecular weight is 344 g/mol. The normalized spacial score (nSPS) is 10.8. The summed E-state index contributed by atoms with van der Waals surface area (Å²) in [6.07, 6.45) is 0.437. The number of rotatable bonds is 4. The molecule has 4 nitrogen and oxygen atoms in total. The lowest BCUT2D eigenvalue weighted by molar-refractivity contribution is 0.0997. The van der Waals surface area contributed by atoms with Gasteiger partial charge in [0, 0.05) is 6.20 Å². The number of hydrogen-bond acceptors (Lipinski definition) is 2. The monoisotopic (exact) mass is 343 g/mol. The van der Waals surface area contributed by atoms with Crippen molar-refractivity contribution >= 4 is 27.5 Å². The van der Waals surface area contributed by atoms with Crippen LogP contribution in [0.2, 0.25) is 0 Å². The summed E-state index contributed by atoms with van der Waals surface area (Å²) in [5, 5.41) is 2.64. The van der Waals surface area contributed by atoms with Gasteiger partial charge in [-0.25, -0.2) is 13.8 Å². The van der Waals surface area contributed by atoms with Gasteiger partial charge in [-0.3, -0.25) is 4.79 Å². The van der Waals surface area contributed by atoms with E-state index in [9.17, 15) is 13.6 Å². The fourth-order valence-corrected chi connectivity index (χ4v) is 1.97. The van der Waals surface area contributed by atoms with Gasteiger partial charge in [-0.05, 0) is 46.6 Å². The number of nitrogens with one attached hydrogen (secondary N) is 1. The predicted molar refractivity (Wildman–Crippen MR) is 75.1 cm³/mol. The molecule has 2 rings (SSSR count). The van der Waals surface area contributed by atoms with Gasteiger partial charge in [-0.15, -0.1) is 0 Å². The molecule has 0 unspecified atom stereocenters. The lowest BCUT2D eigenvalue weighted by atomic mass is 10.3. The Labute approximate surface area is 122 Å². The minimum absolute atomic E-state index is 0.186. The summed E-state index contributed by atoms with van der Waals surface area (Å²) in [5.41, 5.74) is 1.57. The van der Waals surface area contributed by atoms with Crippen molar-refractivity contribution < 1.29 is 13.6 Å². The number of anilines is 1. The third-order valence-corrected chi connectivity index (χ3v) is 3.50. The maximum absolute atomic E-state index is 12.4. The highest BCUT2D eigenvalue weighted by molar-refractivity contribution is 9.10. The molecule has 0 bridgehead atoms. The molecule has 106 valence electrons. The van der Waals surface area contributed by atoms with Crippen molar-refractivity contribution in [3.63, 3.8) is 0 Å². The topological polar surface area (TPSA) is 46.9 Å². The van der Waals surface area contributed by atoms with Crippen LogP contribution in [0.5, 0.6) is 0 Å². The largest absolute Gasteiger partial charge is 0.338 e. The molecule has 0 aliphatic heterocycles. The molecule has 1 amide bonds. The number of alkyl halides is 2. The van der Waals surface area contributed by atoms with E-state index in [-0.39, 0.29) is 5.69 Å². The van der Waals surface area contributed by atoms with Crippen molar-refractivity contribution in [3.05, 3.63) is 46.5 Å². The molecule has 0 saturated heterocycles. The number of aromatic nitrogens is 2. The van der Waals surface area contributed by atoms with E-state index in [4.69, 9.17) is 0 Å². The molecule has 0 aliphatic rings. The van der Waals surface area contributed by atoms with Crippen LogP contribution in [0.15, 0.2) is 35.2 Å². The third kappa shape index (κ3) is 3.41. The molecule has 0 spiro atoms. The zero-order valence-corrected chi connectivity index (χ0v) is 12.2. The molecule has 0 aliphatic carbocycles. The fraction of sp³-hybridized carbons (Fsp3) is 0.231. The summed E-state index contributed by atoms with van der Waals surface area (Å²) in [6.45, 7) is 1.33. The standard InChI is InChI=1S/C13H12BrF2N3O/c1-8-5-9(6-17-12(8)14)18-13(20)10-3-2-4-19(10)7-11(15)16/h2-6,11H,7H2,1H3,(H,18,20). The Morgan fingerprint density at radius 1 is 1.55 bits per heavy atom. The highest BCUT2D eigenvalue weighted by Gasteiger charge is 2.14. The van der Waals surface area contributed by atoms with Crippen LogP contribution in [0.1, 0.15) is 16.1 Å². The Morgan fingerprint density at radius 2 is 2.30 bits per heavy atom. The van der Waals surface area contributed by atoms with E-state index in [0.717, 1.165) is 5.56 Å². The first-order valence-electron chi connectivity index (χ1n) is 5.84. The van der Waals surface area contributed by atoms with Crippen LogP contribution in [0.3, 0.4) is 0 Å². The molecule has 0 saturated carbocycles. The number of pyridine rings is 1. The molecule has 7 heteroatoms. The fourth-order valence-electron chi connectivity index (χ4n) is 1.75. The minimum Gasteiger partial charge on any atom is -0.338 e. The summed E-state index contributed by atoms with van der Waals surface area (Å²) >= 11 is 3.26. The second-order valence-corrected chi connectivity index (χ2v) is 4.97. The molecule has 0 radical (unpaired) electrons. The summed E-state index contributed by atoms with van der Waals surface area (Å²) in [5.74, 6) is -0.445. The second kappa shape index (κ2) is 6.13. The van der Waals surface area contributed by atoms with E-state index in [1.807, 2.05) is 6.92 Å². The van der Waals surface area contributed by atoms with Crippen LogP contribution in [0, 0.1) is 6.92 Å². The second-order valence-electron chi connectivity index (χ2n) is 4.22. The van der Waals surface area contributed by atoms with Crippen LogP contribution in [-0.2, 0) is 6.54 Å². The minimum atomic E-state index is -2.51. The van der Waals surface area contributed by atoms with Crippen molar-refractivity contribution in [2.45, 2.75) is 19.9 Å². The Kier molecular flexibility index (Phi) is 4.49. The van der Waals surface area contributed by atoms with E-state index in [2.05, 4.69) is 26.2 Å². The number of halogens is 3. The SMILES string of the molecule is Cc1cc(NC(=O)c2cccn2CC(F)F)cnc1Br. The van der Waals surface area contributed by atoms with Crippen molar-refractivity contribution in [1.82, 2.24) is 9.55 Å². The number of carbonyl (C=O) groups excluding carboxylic acids is 1. The van der Waals surface area contributed by atoms with E-state index in [1.165, 1.54) is 23.0 Å². The van der Waals surface area contributed by atoms with Gasteiger partial charge in [0.1, 0.15) is 10.3 Å². The van der Waals surface area contributed by atoms with Crippen molar-refractivity contribution in [2.24, 2.45) is 0 Å². The molecular formula is C13H12BrF2N3O. The van der Waals surface area contributed by atoms with Crippen LogP contribution in [0.4, 0.5) is 14.5 Å². The molecule has 0 fully saturated rings. The summed E-state index contributed by atoms with van der Waals surface area (Å²) < 4.78 is 26.7. The van der Waals surface area contributed by atoms with Gasteiger partial charge in [0.05, 0.1) is 18.4 Å². The Balaban J connectivity index is 2.15. The first-order chi connectivity index (χ1) is 9.47. The zero-order valence-electron chi connectivity index (χ0n) is 10.6. The van der Waals surface area contributed by atoms with Crippen molar-refractivity contribution in [3.8, 4) is 0 Å². The number of hydrogen-bond donors (Lipinski definition) is 1. The number of aryl methyl sites for hydroxylation is 1. The quantitative estimate of drug-likeness (QED) is 0.864. The molecule has 1 N–H and O–H groups in total. The molecule has 2 aromatic heterocycles. The summed E-state index contributed by atoms with van der Waals surface area (Å²) in [6, 6.07) is 4.80. The lowest BCUT2D eigenvalue weighted by Gasteiger charge is -2.10. The van der Waals surface area contributed by atoms with Gasteiger partial charge in [0.2, 0.25) is 0 Å². The highest BCUT2D eigenvalue weighted by Crippen LogP contribution is 2.17. The number of amides is 1. The smallest absolute Gasteiger partial charge is 0.272 e. The van der Waals surface area contributed by atoms with Crippen LogP contribution in [-0.4, -0.2) is 21.9 Å². The van der Waals surface area contributed by atoms with E-state index in [0.29, 0.717) is 10.3 Å². The lowest BCUT2D eigenvalue weighted by Crippen LogP contribution is -2.19. The van der Waals surface area contributed by atoms with Gasteiger partial charge in [-0.1, -0.05) is 0 Å². The Bertz CT molecular complexity index is 628. The maximum Gasteiger partial charge on any atom is 0.272 e. The molecule has 20 heavy (non-hydrogen) atoms. The molecule has 0 aromatic carbocycles. The highest BCUT2D eigenvalue weighted by atomic mass is 79.9. The Morgan fingerprint density at radius 3 is 2.95 bits per heavy atom. The summed E-state index contributed by atoms with van der Waals surface area (Å²) in [7, 11) is 0. The molecule has 0 atom stereocenters. The number of nitrogens with zero attached hydrogens (tertiary/aromatic N) is 2. The van der Waals surface area contributed by atoms with Gasteiger partial charge in [0.15, 0.2) is 0 Å². The Hall–Kier alpha value is -1.76. The van der Waals surface area contributed by atoms with E-state index >= 15 is 0 Å². The molecule has 2 aromatic rings. The maximum atomic E-state index is 12.4. The molecular weight excluding hydrogens is 332 g/mol. The van der Waals surface area contributed by atoms with E-state index in [1.54, 1.807) is 12.1 Å². The van der Waals surface area contributed by atoms with Crippen molar-refractivity contribution in [1.29, 1.82) is 0 Å². The molecule has 2 heterocycles. The van der Waals surface area contributed by atoms with Crippen LogP contribution < -0.4 is 5.32 Å². The first-order valence-corrected chi connectivity index (χ1v) is 6.63. The van der Waals surface area contributed by atoms with Crippen molar-refractivity contribution in [2.75, 3.05) is 5.32 Å². The summed E-state index contributed by atoms with van der Waals surface area (Å²) in [4.78, 5) is 16.1. The van der Waals surface area contributed by atoms with Gasteiger partial charge in [-0.2, -0.15) is 0 Å². The average Bonchev–Trinajstić information content (AvgIpc) is 2.81. The van der Waals surface area contributed by atoms with Crippen LogP contribution >= 0.6 is 15.9 Å². The number of carbonyl (C=O) groups is 1. The first kappa shape index (κ1) is 14.6. The zero-order chi connectivity index (χ0) is 14.7. The van der Waals surface area contributed by atoms with Gasteiger partial charge < -0.3 is 9.88 Å². The van der Waals surface area contributed by atoms with E-state index < -0.39 is 18.9 Å². The predicted octanol–water partition coefficient (Wildman–Crippen LogP) is 3.47.